The molecule has 1 N–H and O–H groups in total. The highest BCUT2D eigenvalue weighted by Crippen LogP contribution is 2.76. The zero-order valence-electron chi connectivity index (χ0n) is 13.0. The van der Waals surface area contributed by atoms with E-state index in [0.29, 0.717) is 17.8 Å². The van der Waals surface area contributed by atoms with E-state index >= 15 is 0 Å². The van der Waals surface area contributed by atoms with E-state index < -0.39 is 22.2 Å². The first-order valence-electron chi connectivity index (χ1n) is 8.09. The molecule has 22 heavy (non-hydrogen) atoms. The molecule has 0 aromatic heterocycles. The molecule has 0 unspecified atom stereocenters. The predicted octanol–water partition coefficient (Wildman–Crippen LogP) is 5.35. The van der Waals surface area contributed by atoms with Crippen molar-refractivity contribution in [2.24, 2.45) is 17.8 Å². The number of aliphatic hydroxyl groups is 1. The smallest absolute Gasteiger partial charge is 0.241 e. The summed E-state index contributed by atoms with van der Waals surface area (Å²) in [4.78, 5) is 0. The van der Waals surface area contributed by atoms with Crippen LogP contribution in [0.4, 0.5) is 0 Å². The Balaban J connectivity index is 2.01. The van der Waals surface area contributed by atoms with Crippen LogP contribution in [0, 0.1) is 17.8 Å². The summed E-state index contributed by atoms with van der Waals surface area (Å²) in [5.74, 6) is 0.178. The zero-order chi connectivity index (χ0) is 16.3. The van der Waals surface area contributed by atoms with Crippen molar-refractivity contribution in [3.05, 3.63) is 0 Å². The number of rotatable bonds is 4. The Morgan fingerprint density at radius 2 is 1.50 bits per heavy atom. The molecule has 0 spiro atoms. The second-order valence-electron chi connectivity index (χ2n) is 7.81. The van der Waals surface area contributed by atoms with Gasteiger partial charge in [-0.15, -0.1) is 0 Å². The summed E-state index contributed by atoms with van der Waals surface area (Å²) in [6, 6.07) is 0. The Morgan fingerprint density at radius 3 is 1.82 bits per heavy atom. The van der Waals surface area contributed by atoms with E-state index in [1.54, 1.807) is 0 Å². The molecule has 0 aromatic carbocycles. The van der Waals surface area contributed by atoms with Gasteiger partial charge in [-0.25, -0.2) is 0 Å². The van der Waals surface area contributed by atoms with E-state index in [9.17, 15) is 9.67 Å². The van der Waals surface area contributed by atoms with E-state index in [0.717, 1.165) is 19.3 Å². The number of hydrogen-bond acceptors (Lipinski definition) is 3. The maximum atomic E-state index is 13.9. The number of alkyl halides is 3. The van der Waals surface area contributed by atoms with Crippen LogP contribution in [0.5, 0.6) is 0 Å². The van der Waals surface area contributed by atoms with Crippen LogP contribution in [0.25, 0.3) is 0 Å². The van der Waals surface area contributed by atoms with Gasteiger partial charge in [-0.2, -0.15) is 0 Å². The summed E-state index contributed by atoms with van der Waals surface area (Å²) in [6.45, 7) is 3.64. The summed E-state index contributed by atoms with van der Waals surface area (Å²) in [6.07, 6.45) is 5.86. The Hall–Kier alpha value is 1.02. The highest BCUT2D eigenvalue weighted by atomic mass is 35.6. The molecule has 3 nitrogen and oxygen atoms in total. The normalized spacial score (nSPS) is 41.7. The highest BCUT2D eigenvalue weighted by Gasteiger charge is 2.65. The average Bonchev–Trinajstić information content (AvgIpc) is 2.33. The largest absolute Gasteiger partial charge is 0.379 e. The topological polar surface area (TPSA) is 46.5 Å². The number of halogens is 3. The van der Waals surface area contributed by atoms with Crippen molar-refractivity contribution in [1.82, 2.24) is 0 Å². The molecule has 4 rings (SSSR count). The Labute approximate surface area is 147 Å². The lowest BCUT2D eigenvalue weighted by Crippen LogP contribution is -2.53. The van der Waals surface area contributed by atoms with Crippen LogP contribution >= 0.6 is 42.2 Å². The maximum absolute atomic E-state index is 13.9. The van der Waals surface area contributed by atoms with E-state index in [-0.39, 0.29) is 6.10 Å². The summed E-state index contributed by atoms with van der Waals surface area (Å²) < 4.78 is 17.8. The third-order valence-corrected chi connectivity index (χ3v) is 10.4. The lowest BCUT2D eigenvalue weighted by atomic mass is 9.56. The van der Waals surface area contributed by atoms with Crippen molar-refractivity contribution in [1.29, 1.82) is 0 Å². The SMILES string of the molecule is CC(C)O[P@@](=O)([C@H](O)C(Cl)(Cl)Cl)C12CC3CC(CC(C3)C1)C2. The van der Waals surface area contributed by atoms with Crippen LogP contribution in [0.2, 0.25) is 0 Å². The summed E-state index contributed by atoms with van der Waals surface area (Å²) in [7, 11) is -3.53. The molecule has 2 atom stereocenters. The second kappa shape index (κ2) is 5.78. The molecule has 0 aliphatic heterocycles. The van der Waals surface area contributed by atoms with Crippen LogP contribution in [0.3, 0.4) is 0 Å². The minimum Gasteiger partial charge on any atom is -0.379 e. The summed E-state index contributed by atoms with van der Waals surface area (Å²) in [5.41, 5.74) is 0. The van der Waals surface area contributed by atoms with Crippen molar-refractivity contribution in [3.63, 3.8) is 0 Å². The quantitative estimate of drug-likeness (QED) is 0.521. The van der Waals surface area contributed by atoms with Crippen molar-refractivity contribution in [3.8, 4) is 0 Å². The first-order valence-corrected chi connectivity index (χ1v) is 10.9. The van der Waals surface area contributed by atoms with Crippen molar-refractivity contribution >= 4 is 42.2 Å². The summed E-state index contributed by atoms with van der Waals surface area (Å²) in [5, 5.41) is 10.1. The molecule has 4 saturated carbocycles. The molecule has 0 heterocycles. The van der Waals surface area contributed by atoms with Crippen molar-refractivity contribution < 1.29 is 14.2 Å². The second-order valence-corrected chi connectivity index (χ2v) is 13.0. The number of hydrogen-bond donors (Lipinski definition) is 1. The average molecular weight is 390 g/mol. The molecule has 0 amide bonds. The first-order chi connectivity index (χ1) is 10.1. The third kappa shape index (κ3) is 2.89. The van der Waals surface area contributed by atoms with Gasteiger partial charge in [0.1, 0.15) is 0 Å². The molecule has 7 heteroatoms. The van der Waals surface area contributed by atoms with Crippen LogP contribution in [0.15, 0.2) is 0 Å². The Kier molecular flexibility index (Phi) is 4.69. The zero-order valence-corrected chi connectivity index (χ0v) is 16.1. The van der Waals surface area contributed by atoms with Gasteiger partial charge < -0.3 is 9.63 Å². The molecule has 4 fully saturated rings. The van der Waals surface area contributed by atoms with Gasteiger partial charge in [-0.3, -0.25) is 4.57 Å². The minimum absolute atomic E-state index is 0.277. The fourth-order valence-corrected chi connectivity index (χ4v) is 9.95. The van der Waals surface area contributed by atoms with Crippen LogP contribution < -0.4 is 0 Å². The van der Waals surface area contributed by atoms with Crippen molar-refractivity contribution in [2.75, 3.05) is 0 Å². The highest BCUT2D eigenvalue weighted by molar-refractivity contribution is 7.61. The van der Waals surface area contributed by atoms with Gasteiger partial charge in [-0.1, -0.05) is 34.8 Å². The van der Waals surface area contributed by atoms with Gasteiger partial charge >= 0.3 is 0 Å². The van der Waals surface area contributed by atoms with E-state index in [1.807, 2.05) is 13.8 Å². The van der Waals surface area contributed by atoms with Crippen molar-refractivity contribution in [2.45, 2.75) is 73.3 Å². The lowest BCUT2D eigenvalue weighted by molar-refractivity contribution is 0.0194. The fourth-order valence-electron chi connectivity index (χ4n) is 5.38. The van der Waals surface area contributed by atoms with Gasteiger partial charge in [-0.05, 0) is 70.1 Å². The maximum Gasteiger partial charge on any atom is 0.241 e. The van der Waals surface area contributed by atoms with Crippen LogP contribution in [0.1, 0.15) is 52.4 Å². The fraction of sp³-hybridized carbons (Fsp3) is 1.00. The molecule has 4 aliphatic carbocycles. The molecular weight excluding hydrogens is 365 g/mol. The van der Waals surface area contributed by atoms with Gasteiger partial charge in [0.25, 0.3) is 0 Å². The first kappa shape index (κ1) is 17.8. The van der Waals surface area contributed by atoms with Gasteiger partial charge in [0.15, 0.2) is 5.85 Å². The minimum atomic E-state index is -3.53. The molecule has 0 aromatic rings. The predicted molar refractivity (Wildman–Crippen MR) is 91.0 cm³/mol. The van der Waals surface area contributed by atoms with E-state index in [1.165, 1.54) is 19.3 Å². The molecule has 4 aliphatic rings. The number of aliphatic hydroxyl groups excluding tert-OH is 1. The van der Waals surface area contributed by atoms with Gasteiger partial charge in [0.05, 0.1) is 11.3 Å². The summed E-state index contributed by atoms with van der Waals surface area (Å²) >= 11 is 17.8. The molecule has 0 saturated heterocycles. The molecular formula is C15H24Cl3O3P. The molecule has 0 radical (unpaired) electrons. The van der Waals surface area contributed by atoms with E-state index in [2.05, 4.69) is 0 Å². The van der Waals surface area contributed by atoms with E-state index in [4.69, 9.17) is 39.3 Å². The third-order valence-electron chi connectivity index (χ3n) is 5.65. The van der Waals surface area contributed by atoms with Crippen LogP contribution in [-0.4, -0.2) is 26.0 Å². The van der Waals surface area contributed by atoms with Gasteiger partial charge in [0.2, 0.25) is 11.2 Å². The lowest BCUT2D eigenvalue weighted by Gasteiger charge is -2.59. The van der Waals surface area contributed by atoms with Crippen LogP contribution in [-0.2, 0) is 9.09 Å². The molecule has 128 valence electrons. The standard InChI is InChI=1S/C15H24Cl3O3P/c1-9(2)21-22(20,13(19)15(16,17)18)14-6-10-3-11(7-14)5-12(4-10)8-14/h9-13,19H,3-8H2,1-2H3/t10?,11?,12?,13-,14?,22-/m0/s1. The Bertz CT molecular complexity index is 454. The Morgan fingerprint density at radius 1 is 1.09 bits per heavy atom. The molecule has 4 bridgehead atoms. The monoisotopic (exact) mass is 388 g/mol. The van der Waals surface area contributed by atoms with Gasteiger partial charge in [0, 0.05) is 0 Å².